The average Bonchev–Trinajstić information content (AvgIpc) is 2.44. The summed E-state index contributed by atoms with van der Waals surface area (Å²) in [7, 11) is 0. The van der Waals surface area contributed by atoms with Crippen molar-refractivity contribution in [2.75, 3.05) is 13.2 Å². The van der Waals surface area contributed by atoms with Gasteiger partial charge in [0, 0.05) is 33.6 Å². The highest BCUT2D eigenvalue weighted by molar-refractivity contribution is 5.68. The molecule has 0 bridgehead atoms. The number of ether oxygens (including phenoxy) is 4. The maximum atomic E-state index is 11.5. The molecule has 3 atom stereocenters. The van der Waals surface area contributed by atoms with Crippen LogP contribution >= 0.6 is 0 Å². The van der Waals surface area contributed by atoms with E-state index in [4.69, 9.17) is 18.9 Å². The summed E-state index contributed by atoms with van der Waals surface area (Å²) >= 11 is 0. The molecule has 24 heavy (non-hydrogen) atoms. The third-order valence-electron chi connectivity index (χ3n) is 3.44. The van der Waals surface area contributed by atoms with Gasteiger partial charge in [0.25, 0.3) is 0 Å². The van der Waals surface area contributed by atoms with Crippen LogP contribution < -0.4 is 0 Å². The molecule has 0 fully saturated rings. The van der Waals surface area contributed by atoms with Gasteiger partial charge in [-0.1, -0.05) is 0 Å². The summed E-state index contributed by atoms with van der Waals surface area (Å²) in [5, 5.41) is 0. The number of hydrogen-bond donors (Lipinski definition) is 0. The molecule has 0 aromatic carbocycles. The molecule has 0 radical (unpaired) electrons. The van der Waals surface area contributed by atoms with Crippen molar-refractivity contribution in [3.8, 4) is 0 Å². The largest absolute Gasteiger partial charge is 0.465 e. The van der Waals surface area contributed by atoms with Crippen molar-refractivity contribution in [1.82, 2.24) is 0 Å². The lowest BCUT2D eigenvalue weighted by molar-refractivity contribution is -0.178. The molecule has 0 aliphatic heterocycles. The van der Waals surface area contributed by atoms with Gasteiger partial charge in [0.1, 0.15) is 12.7 Å². The third-order valence-corrected chi connectivity index (χ3v) is 3.44. The summed E-state index contributed by atoms with van der Waals surface area (Å²) in [6, 6.07) is 0. The first-order chi connectivity index (χ1) is 11.1. The van der Waals surface area contributed by atoms with Crippen molar-refractivity contribution in [3.05, 3.63) is 12.2 Å². The summed E-state index contributed by atoms with van der Waals surface area (Å²) in [6.45, 7) is 4.69. The zero-order valence-electron chi connectivity index (χ0n) is 14.2. The van der Waals surface area contributed by atoms with Crippen LogP contribution in [-0.4, -0.2) is 48.8 Å². The van der Waals surface area contributed by atoms with Gasteiger partial charge in [-0.3, -0.25) is 19.2 Å². The lowest BCUT2D eigenvalue weighted by Gasteiger charge is -2.40. The van der Waals surface area contributed by atoms with Gasteiger partial charge in [-0.2, -0.15) is 0 Å². The molecule has 1 aliphatic rings. The van der Waals surface area contributed by atoms with Crippen LogP contribution in [0, 0.1) is 5.92 Å². The first-order valence-corrected chi connectivity index (χ1v) is 7.47. The molecule has 0 N–H and O–H groups in total. The maximum Gasteiger partial charge on any atom is 0.303 e. The molecule has 0 unspecified atom stereocenters. The lowest BCUT2D eigenvalue weighted by atomic mass is 9.79. The van der Waals surface area contributed by atoms with Crippen LogP contribution in [0.1, 0.15) is 34.1 Å². The van der Waals surface area contributed by atoms with Crippen molar-refractivity contribution in [3.63, 3.8) is 0 Å². The van der Waals surface area contributed by atoms with Crippen LogP contribution in [0.3, 0.4) is 0 Å². The standard InChI is InChI=1S/C16H22O8/c1-10(17)21-8-14-7-15(23-12(3)19)5-6-16(14,24-13(4)20)9-22-11(2)18/h5-6,14-15H,7-9H2,1-4H3/t14-,15-,16-/m1/s1. The van der Waals surface area contributed by atoms with Crippen LogP contribution in [0.2, 0.25) is 0 Å². The van der Waals surface area contributed by atoms with Gasteiger partial charge >= 0.3 is 23.9 Å². The summed E-state index contributed by atoms with van der Waals surface area (Å²) in [4.78, 5) is 44.9. The van der Waals surface area contributed by atoms with E-state index in [9.17, 15) is 19.2 Å². The Balaban J connectivity index is 3.09. The Morgan fingerprint density at radius 3 is 2.08 bits per heavy atom. The predicted molar refractivity (Wildman–Crippen MR) is 80.6 cm³/mol. The van der Waals surface area contributed by atoms with Crippen LogP contribution in [0.5, 0.6) is 0 Å². The molecule has 8 heteroatoms. The minimum absolute atomic E-state index is 0.0774. The highest BCUT2D eigenvalue weighted by Gasteiger charge is 2.46. The quantitative estimate of drug-likeness (QED) is 0.399. The second kappa shape index (κ2) is 8.47. The monoisotopic (exact) mass is 342 g/mol. The highest BCUT2D eigenvalue weighted by atomic mass is 16.6. The van der Waals surface area contributed by atoms with Crippen LogP contribution in [0.4, 0.5) is 0 Å². The molecule has 0 saturated heterocycles. The van der Waals surface area contributed by atoms with E-state index in [0.717, 1.165) is 0 Å². The van der Waals surface area contributed by atoms with Crippen molar-refractivity contribution >= 4 is 23.9 Å². The highest BCUT2D eigenvalue weighted by Crippen LogP contribution is 2.35. The molecule has 0 spiro atoms. The normalized spacial score (nSPS) is 25.5. The van der Waals surface area contributed by atoms with Gasteiger partial charge in [0.15, 0.2) is 5.60 Å². The Kier molecular flexibility index (Phi) is 6.94. The van der Waals surface area contributed by atoms with E-state index in [1.54, 1.807) is 6.08 Å². The maximum absolute atomic E-state index is 11.5. The van der Waals surface area contributed by atoms with Gasteiger partial charge < -0.3 is 18.9 Å². The first-order valence-electron chi connectivity index (χ1n) is 7.47. The molecule has 0 heterocycles. The molecule has 0 aromatic heterocycles. The van der Waals surface area contributed by atoms with E-state index in [0.29, 0.717) is 0 Å². The Morgan fingerprint density at radius 1 is 0.958 bits per heavy atom. The zero-order chi connectivity index (χ0) is 18.3. The topological polar surface area (TPSA) is 105 Å². The van der Waals surface area contributed by atoms with Crippen molar-refractivity contribution in [2.45, 2.75) is 45.8 Å². The van der Waals surface area contributed by atoms with E-state index in [-0.39, 0.29) is 19.6 Å². The second-order valence-electron chi connectivity index (χ2n) is 5.57. The van der Waals surface area contributed by atoms with Crippen LogP contribution in [0.25, 0.3) is 0 Å². The molecule has 134 valence electrons. The van der Waals surface area contributed by atoms with Gasteiger partial charge in [-0.15, -0.1) is 0 Å². The Morgan fingerprint density at radius 2 is 1.58 bits per heavy atom. The second-order valence-corrected chi connectivity index (χ2v) is 5.57. The van der Waals surface area contributed by atoms with E-state index < -0.39 is 41.5 Å². The number of carbonyl (C=O) groups is 4. The molecular formula is C16H22O8. The number of esters is 4. The molecule has 0 amide bonds. The summed E-state index contributed by atoms with van der Waals surface area (Å²) < 4.78 is 20.6. The van der Waals surface area contributed by atoms with E-state index in [1.807, 2.05) is 0 Å². The Hall–Kier alpha value is -2.38. The SMILES string of the molecule is CC(=O)OC[C@H]1C[C@H](OC(C)=O)C=C[C@]1(COC(C)=O)OC(C)=O. The molecule has 0 aromatic rings. The summed E-state index contributed by atoms with van der Waals surface area (Å²) in [5.41, 5.74) is -1.29. The fraction of sp³-hybridized carbons (Fsp3) is 0.625. The molecule has 0 saturated carbocycles. The summed E-state index contributed by atoms with van der Waals surface area (Å²) in [5.74, 6) is -2.62. The van der Waals surface area contributed by atoms with Crippen molar-refractivity contribution in [1.29, 1.82) is 0 Å². The average molecular weight is 342 g/mol. The van der Waals surface area contributed by atoms with E-state index >= 15 is 0 Å². The van der Waals surface area contributed by atoms with Crippen LogP contribution in [-0.2, 0) is 38.1 Å². The number of rotatable bonds is 6. The van der Waals surface area contributed by atoms with Gasteiger partial charge in [-0.25, -0.2) is 0 Å². The van der Waals surface area contributed by atoms with E-state index in [1.165, 1.54) is 33.8 Å². The lowest BCUT2D eigenvalue weighted by Crippen LogP contribution is -2.50. The van der Waals surface area contributed by atoms with Gasteiger partial charge in [0.2, 0.25) is 0 Å². The number of hydrogen-bond acceptors (Lipinski definition) is 8. The van der Waals surface area contributed by atoms with Crippen molar-refractivity contribution in [2.24, 2.45) is 5.92 Å². The van der Waals surface area contributed by atoms with E-state index in [2.05, 4.69) is 0 Å². The Labute approximate surface area is 140 Å². The molecular weight excluding hydrogens is 320 g/mol. The fourth-order valence-electron chi connectivity index (χ4n) is 2.49. The smallest absolute Gasteiger partial charge is 0.303 e. The van der Waals surface area contributed by atoms with Gasteiger partial charge in [0.05, 0.1) is 6.61 Å². The first kappa shape index (κ1) is 19.7. The minimum Gasteiger partial charge on any atom is -0.465 e. The Bertz CT molecular complexity index is 538. The third kappa shape index (κ3) is 6.02. The minimum atomic E-state index is -1.29. The number of carbonyl (C=O) groups excluding carboxylic acids is 4. The zero-order valence-corrected chi connectivity index (χ0v) is 14.2. The fourth-order valence-corrected chi connectivity index (χ4v) is 2.49. The molecule has 1 rings (SSSR count). The van der Waals surface area contributed by atoms with Gasteiger partial charge in [-0.05, 0) is 18.6 Å². The predicted octanol–water partition coefficient (Wildman–Crippen LogP) is 0.922. The summed E-state index contributed by atoms with van der Waals surface area (Å²) in [6.07, 6.45) is 2.78. The molecule has 1 aliphatic carbocycles. The van der Waals surface area contributed by atoms with Crippen LogP contribution in [0.15, 0.2) is 12.2 Å². The van der Waals surface area contributed by atoms with Crippen molar-refractivity contribution < 1.29 is 38.1 Å². The molecule has 8 nitrogen and oxygen atoms in total.